The second-order valence-electron chi connectivity index (χ2n) is 5.17. The van der Waals surface area contributed by atoms with Gasteiger partial charge in [-0.1, -0.05) is 25.8 Å². The second-order valence-corrected chi connectivity index (χ2v) is 6.90. The van der Waals surface area contributed by atoms with E-state index in [2.05, 4.69) is 60.4 Å². The fourth-order valence-corrected chi connectivity index (χ4v) is 2.91. The molecule has 21 heavy (non-hydrogen) atoms. The Balaban J connectivity index is 0.000000690. The van der Waals surface area contributed by atoms with Gasteiger partial charge in [0, 0.05) is 6.20 Å². The van der Waals surface area contributed by atoms with Crippen LogP contribution in [0.25, 0.3) is 0 Å². The molecule has 0 amide bonds. The second kappa shape index (κ2) is 13.9. The molecule has 1 atom stereocenters. The molecule has 1 rings (SSSR count). The molecule has 1 heterocycles. The van der Waals surface area contributed by atoms with Crippen LogP contribution < -0.4 is 4.72 Å². The first-order valence-electron chi connectivity index (χ1n) is 7.65. The number of nitrogens with one attached hydrogen (secondary N) is 1. The van der Waals surface area contributed by atoms with Crippen LogP contribution in [0.4, 0.5) is 0 Å². The van der Waals surface area contributed by atoms with Gasteiger partial charge in [0.2, 0.25) is 0 Å². The number of pyridine rings is 1. The zero-order valence-electron chi connectivity index (χ0n) is 13.8. The minimum absolute atomic E-state index is 0.220. The number of unbranched alkanes of at least 4 members (excludes halogenated alkanes) is 1. The predicted molar refractivity (Wildman–Crippen MR) is 91.3 cm³/mol. The Kier molecular flexibility index (Phi) is 14.1. The Morgan fingerprint density at radius 1 is 1.38 bits per heavy atom. The zero-order chi connectivity index (χ0) is 16.1. The predicted octanol–water partition coefficient (Wildman–Crippen LogP) is 3.96. The van der Waals surface area contributed by atoms with Crippen LogP contribution in [0.5, 0.6) is 0 Å². The van der Waals surface area contributed by atoms with E-state index in [1.807, 2.05) is 37.8 Å². The van der Waals surface area contributed by atoms with Crippen LogP contribution in [-0.2, 0) is 0 Å². The monoisotopic (exact) mass is 506 g/mol. The topological polar surface area (TPSA) is 28.2 Å². The number of nitrogens with zero attached hydrogens (tertiary/aromatic N) is 2. The van der Waals surface area contributed by atoms with Gasteiger partial charge in [-0.05, 0) is 45.1 Å². The fourth-order valence-electron chi connectivity index (χ4n) is 1.61. The van der Waals surface area contributed by atoms with Gasteiger partial charge in [-0.3, -0.25) is 9.71 Å². The van der Waals surface area contributed by atoms with Gasteiger partial charge in [0.15, 0.2) is 0 Å². The van der Waals surface area contributed by atoms with E-state index in [-0.39, 0.29) is 6.04 Å². The van der Waals surface area contributed by atoms with Crippen LogP contribution in [0.15, 0.2) is 18.3 Å². The van der Waals surface area contributed by atoms with Crippen molar-refractivity contribution in [1.29, 1.82) is 0 Å². The molecule has 0 aliphatic rings. The van der Waals surface area contributed by atoms with Gasteiger partial charge in [0.05, 0.1) is 11.7 Å². The summed E-state index contributed by atoms with van der Waals surface area (Å²) in [4.78, 5) is 6.71. The Bertz CT molecular complexity index is 344. The Hall–Kier alpha value is 0.303. The van der Waals surface area contributed by atoms with Crippen molar-refractivity contribution in [3.8, 4) is 0 Å². The van der Waals surface area contributed by atoms with E-state index in [4.69, 9.17) is 0 Å². The summed E-state index contributed by atoms with van der Waals surface area (Å²) in [6.45, 7) is 8.54. The van der Waals surface area contributed by atoms with Gasteiger partial charge in [-0.25, -0.2) is 0 Å². The number of rotatable bonds is 8. The van der Waals surface area contributed by atoms with Gasteiger partial charge in [0.1, 0.15) is 0 Å². The van der Waals surface area contributed by atoms with E-state index in [0.29, 0.717) is 0 Å². The molecule has 0 aliphatic heterocycles. The van der Waals surface area contributed by atoms with Crippen LogP contribution in [0.3, 0.4) is 0 Å². The number of aromatic nitrogens is 1. The van der Waals surface area contributed by atoms with Crippen molar-refractivity contribution in [3.05, 3.63) is 29.6 Å². The van der Waals surface area contributed by atoms with E-state index in [9.17, 15) is 0 Å². The van der Waals surface area contributed by atoms with Gasteiger partial charge in [0.25, 0.3) is 0 Å². The van der Waals surface area contributed by atoms with Crippen molar-refractivity contribution in [1.82, 2.24) is 14.6 Å². The van der Waals surface area contributed by atoms with Crippen LogP contribution in [0.2, 0.25) is 4.13 Å². The molecule has 3 nitrogen and oxygen atoms in total. The maximum Gasteiger partial charge on any atom is 0.0603 e. The maximum atomic E-state index is 4.42. The first kappa shape index (κ1) is 21.3. The average Bonchev–Trinajstić information content (AvgIpc) is 2.50. The molecule has 1 N–H and O–H groups in total. The quantitative estimate of drug-likeness (QED) is 0.523. The van der Waals surface area contributed by atoms with Crippen LogP contribution in [-0.4, -0.2) is 30.0 Å². The summed E-state index contributed by atoms with van der Waals surface area (Å²) >= 11 is 6.06. The van der Waals surface area contributed by atoms with Gasteiger partial charge in [-0.2, -0.15) is 0 Å². The first-order chi connectivity index (χ1) is 10.1. The average molecular weight is 507 g/mol. The molecule has 1 aromatic rings. The van der Waals surface area contributed by atoms with Crippen molar-refractivity contribution in [2.45, 2.75) is 50.2 Å². The molecule has 0 spiro atoms. The normalized spacial score (nSPS) is 12.0. The maximum absolute atomic E-state index is 4.42. The van der Waals surface area contributed by atoms with Gasteiger partial charge >= 0.3 is 48.6 Å². The van der Waals surface area contributed by atoms with Crippen LogP contribution in [0.1, 0.15) is 50.4 Å². The van der Waals surface area contributed by atoms with Crippen molar-refractivity contribution in [2.24, 2.45) is 0 Å². The summed E-state index contributed by atoms with van der Waals surface area (Å²) in [5, 5.41) is 0. The van der Waals surface area contributed by atoms with Gasteiger partial charge < -0.3 is 4.90 Å². The van der Waals surface area contributed by atoms with E-state index < -0.39 is 0 Å². The largest absolute Gasteiger partial charge is 0.307 e. The minimum Gasteiger partial charge on any atom is -0.307 e. The molecule has 0 saturated carbocycles. The Morgan fingerprint density at radius 2 is 2.10 bits per heavy atom. The summed E-state index contributed by atoms with van der Waals surface area (Å²) in [7, 11) is 2.12. The molecule has 5 heteroatoms. The molecule has 0 aromatic carbocycles. The third-order valence-electron chi connectivity index (χ3n) is 3.27. The summed E-state index contributed by atoms with van der Waals surface area (Å²) < 4.78 is 4.42. The number of hydrogen-bond donors (Lipinski definition) is 2. The van der Waals surface area contributed by atoms with E-state index in [1.54, 1.807) is 0 Å². The zero-order valence-corrected chi connectivity index (χ0v) is 17.6. The summed E-state index contributed by atoms with van der Waals surface area (Å²) in [5.41, 5.74) is 2.25. The van der Waals surface area contributed by atoms with Crippen molar-refractivity contribution >= 4 is 12.8 Å². The third kappa shape index (κ3) is 10.6. The molecule has 0 bridgehead atoms. The van der Waals surface area contributed by atoms with Crippen molar-refractivity contribution in [3.63, 3.8) is 0 Å². The minimum atomic E-state index is 0.220. The number of thiol groups is 1. The number of aryl methyl sites for hydroxylation is 1. The number of hydrogen-bond acceptors (Lipinski definition) is 4. The van der Waals surface area contributed by atoms with E-state index >= 15 is 0 Å². The molecule has 0 aliphatic carbocycles. The summed E-state index contributed by atoms with van der Waals surface area (Å²) in [6, 6.07) is 4.37. The molecular weight excluding hydrogens is 476 g/mol. The Morgan fingerprint density at radius 3 is 2.48 bits per heavy atom. The Labute approximate surface area is 151 Å². The van der Waals surface area contributed by atoms with E-state index in [1.165, 1.54) is 22.5 Å². The molecule has 1 aromatic heterocycles. The first-order valence-corrected chi connectivity index (χ1v) is 10.2. The van der Waals surface area contributed by atoms with Gasteiger partial charge in [-0.15, -0.1) is 0 Å². The van der Waals surface area contributed by atoms with Crippen molar-refractivity contribution < 1.29 is 24.7 Å². The SMILES string of the molecule is CCCC[At].CCN(C)CCC(NS)c1ccc(C)cn1. The molecule has 122 valence electrons. The van der Waals surface area contributed by atoms with Crippen LogP contribution >= 0.6 is 12.8 Å². The van der Waals surface area contributed by atoms with Crippen LogP contribution in [0, 0.1) is 31.6 Å². The summed E-state index contributed by atoms with van der Waals surface area (Å²) in [6.07, 6.45) is 5.69. The molecule has 0 fully saturated rings. The molecule has 1 unspecified atom stereocenters. The fraction of sp³-hybridized carbons (Fsp3) is 0.688. The smallest absolute Gasteiger partial charge is 0.0603 e. The molecular formula is C16H30AtN3S. The summed E-state index contributed by atoms with van der Waals surface area (Å²) in [5.74, 6) is 0. The molecule has 0 saturated heterocycles. The molecule has 0 radical (unpaired) electrons. The third-order valence-corrected chi connectivity index (χ3v) is 4.62. The van der Waals surface area contributed by atoms with Crippen molar-refractivity contribution in [2.75, 3.05) is 20.1 Å². The standard InChI is InChI=1S/C12H21N3S.C4H9At/c1-4-15(3)8-7-12(14-16)11-6-5-10(2)9-13-11;1-2-3-4-5/h5-6,9,12,14,16H,4,7-8H2,1-3H3;2-4H2,1H3. The van der Waals surface area contributed by atoms with E-state index in [0.717, 1.165) is 25.2 Å².